The van der Waals surface area contributed by atoms with E-state index in [0.717, 1.165) is 19.0 Å². The van der Waals surface area contributed by atoms with Crippen molar-refractivity contribution in [2.75, 3.05) is 34.2 Å². The van der Waals surface area contributed by atoms with Gasteiger partial charge in [-0.3, -0.25) is 4.90 Å². The summed E-state index contributed by atoms with van der Waals surface area (Å²) in [5.41, 5.74) is 6.63. The fraction of sp³-hybridized carbons (Fsp3) is 1.00. The second-order valence-corrected chi connectivity index (χ2v) is 7.46. The van der Waals surface area contributed by atoms with Crippen LogP contribution in [0.25, 0.3) is 0 Å². The summed E-state index contributed by atoms with van der Waals surface area (Å²) in [6.45, 7) is 8.82. The number of hydrogen-bond donors (Lipinski definition) is 1. The minimum absolute atomic E-state index is 0.142. The van der Waals surface area contributed by atoms with Crippen molar-refractivity contribution in [1.82, 2.24) is 9.80 Å². The summed E-state index contributed by atoms with van der Waals surface area (Å²) >= 11 is 0. The minimum Gasteiger partial charge on any atom is -0.329 e. The normalized spacial score (nSPS) is 21.8. The van der Waals surface area contributed by atoms with Crippen LogP contribution >= 0.6 is 0 Å². The van der Waals surface area contributed by atoms with Gasteiger partial charge in [-0.2, -0.15) is 0 Å². The van der Waals surface area contributed by atoms with E-state index >= 15 is 0 Å². The molecule has 3 nitrogen and oxygen atoms in total. The first kappa shape index (κ1) is 16.9. The van der Waals surface area contributed by atoms with E-state index in [2.05, 4.69) is 51.7 Å². The highest BCUT2D eigenvalue weighted by atomic mass is 15.3. The second-order valence-electron chi connectivity index (χ2n) is 7.46. The van der Waals surface area contributed by atoms with E-state index in [1.165, 1.54) is 32.1 Å². The van der Waals surface area contributed by atoms with Gasteiger partial charge in [0.05, 0.1) is 0 Å². The largest absolute Gasteiger partial charge is 0.329 e. The molecule has 2 N–H and O–H groups in total. The van der Waals surface area contributed by atoms with Gasteiger partial charge in [0, 0.05) is 24.2 Å². The maximum atomic E-state index is 6.09. The van der Waals surface area contributed by atoms with Crippen LogP contribution in [0.5, 0.6) is 0 Å². The van der Waals surface area contributed by atoms with Crippen LogP contribution in [0.2, 0.25) is 0 Å². The Morgan fingerprint density at radius 2 is 1.79 bits per heavy atom. The quantitative estimate of drug-likeness (QED) is 0.735. The highest BCUT2D eigenvalue weighted by Crippen LogP contribution is 2.38. The lowest BCUT2D eigenvalue weighted by Crippen LogP contribution is -2.61. The molecule has 0 aliphatic heterocycles. The number of rotatable bonds is 8. The van der Waals surface area contributed by atoms with Gasteiger partial charge in [0.15, 0.2) is 0 Å². The van der Waals surface area contributed by atoms with Crippen LogP contribution in [-0.4, -0.2) is 55.1 Å². The van der Waals surface area contributed by atoms with Crippen molar-refractivity contribution < 1.29 is 0 Å². The molecule has 0 bridgehead atoms. The van der Waals surface area contributed by atoms with Crippen LogP contribution in [0.15, 0.2) is 0 Å². The third-order valence-electron chi connectivity index (χ3n) is 5.39. The monoisotopic (exact) mass is 269 g/mol. The van der Waals surface area contributed by atoms with Crippen LogP contribution in [0.4, 0.5) is 0 Å². The summed E-state index contributed by atoms with van der Waals surface area (Å²) in [5.74, 6) is 0.755. The van der Waals surface area contributed by atoms with Crippen molar-refractivity contribution in [1.29, 1.82) is 0 Å². The van der Waals surface area contributed by atoms with Gasteiger partial charge < -0.3 is 10.6 Å². The summed E-state index contributed by atoms with van der Waals surface area (Å²) in [4.78, 5) is 4.95. The van der Waals surface area contributed by atoms with Crippen molar-refractivity contribution in [2.24, 2.45) is 11.7 Å². The van der Waals surface area contributed by atoms with Gasteiger partial charge in [-0.1, -0.05) is 13.8 Å². The first-order valence-corrected chi connectivity index (χ1v) is 7.84. The van der Waals surface area contributed by atoms with E-state index in [4.69, 9.17) is 5.73 Å². The predicted molar refractivity (Wildman–Crippen MR) is 84.4 cm³/mol. The predicted octanol–water partition coefficient (Wildman–Crippen LogP) is 2.56. The van der Waals surface area contributed by atoms with Gasteiger partial charge in [-0.25, -0.2) is 0 Å². The Hall–Kier alpha value is -0.120. The molecule has 1 aliphatic carbocycles. The number of likely N-dealkylation sites (N-methyl/N-ethyl adjacent to an activating group) is 2. The van der Waals surface area contributed by atoms with Gasteiger partial charge in [-0.15, -0.1) is 0 Å². The maximum Gasteiger partial charge on any atom is 0.0330 e. The average Bonchev–Trinajstić information content (AvgIpc) is 2.29. The lowest BCUT2D eigenvalue weighted by atomic mass is 9.74. The number of hydrogen-bond acceptors (Lipinski definition) is 3. The highest BCUT2D eigenvalue weighted by molar-refractivity contribution is 5.00. The first-order valence-electron chi connectivity index (χ1n) is 7.84. The molecule has 0 amide bonds. The molecule has 1 saturated carbocycles. The molecule has 1 aliphatic rings. The van der Waals surface area contributed by atoms with Crippen LogP contribution in [0.1, 0.15) is 52.9 Å². The third-order valence-corrected chi connectivity index (χ3v) is 5.39. The van der Waals surface area contributed by atoms with Crippen molar-refractivity contribution in [3.63, 3.8) is 0 Å². The summed E-state index contributed by atoms with van der Waals surface area (Å²) in [5, 5.41) is 0. The molecular weight excluding hydrogens is 234 g/mol. The Balaban J connectivity index is 2.64. The zero-order valence-electron chi connectivity index (χ0n) is 14.0. The molecule has 0 aromatic heterocycles. The van der Waals surface area contributed by atoms with Crippen LogP contribution in [0.3, 0.4) is 0 Å². The van der Waals surface area contributed by atoms with Gasteiger partial charge >= 0.3 is 0 Å². The van der Waals surface area contributed by atoms with Gasteiger partial charge in [0.2, 0.25) is 0 Å². The molecule has 1 rings (SSSR count). The number of nitrogens with zero attached hydrogens (tertiary/aromatic N) is 2. The fourth-order valence-corrected chi connectivity index (χ4v) is 3.01. The first-order chi connectivity index (χ1) is 8.76. The molecule has 0 aromatic carbocycles. The molecule has 0 aromatic rings. The minimum atomic E-state index is 0.142. The Bertz CT molecular complexity index is 271. The molecule has 114 valence electrons. The van der Waals surface area contributed by atoms with Crippen molar-refractivity contribution >= 4 is 0 Å². The average molecular weight is 269 g/mol. The molecule has 0 saturated heterocycles. The van der Waals surface area contributed by atoms with E-state index in [1.807, 2.05) is 0 Å². The van der Waals surface area contributed by atoms with Crippen molar-refractivity contribution in [2.45, 2.75) is 64.0 Å². The molecule has 0 heterocycles. The topological polar surface area (TPSA) is 32.5 Å². The van der Waals surface area contributed by atoms with E-state index in [9.17, 15) is 0 Å². The molecule has 0 spiro atoms. The summed E-state index contributed by atoms with van der Waals surface area (Å²) in [6, 6.07) is 0. The van der Waals surface area contributed by atoms with E-state index < -0.39 is 0 Å². The summed E-state index contributed by atoms with van der Waals surface area (Å²) in [7, 11) is 6.71. The Morgan fingerprint density at radius 3 is 2.11 bits per heavy atom. The van der Waals surface area contributed by atoms with Crippen LogP contribution in [0, 0.1) is 5.92 Å². The Morgan fingerprint density at radius 1 is 1.21 bits per heavy atom. The molecule has 3 heteroatoms. The molecule has 1 unspecified atom stereocenters. The van der Waals surface area contributed by atoms with Crippen LogP contribution < -0.4 is 5.73 Å². The zero-order valence-corrected chi connectivity index (χ0v) is 14.0. The third kappa shape index (κ3) is 3.93. The lowest BCUT2D eigenvalue weighted by Gasteiger charge is -2.52. The summed E-state index contributed by atoms with van der Waals surface area (Å²) in [6.07, 6.45) is 6.48. The molecule has 0 radical (unpaired) electrons. The highest BCUT2D eigenvalue weighted by Gasteiger charge is 2.42. The maximum absolute atomic E-state index is 6.09. The van der Waals surface area contributed by atoms with Crippen molar-refractivity contribution in [3.05, 3.63) is 0 Å². The smallest absolute Gasteiger partial charge is 0.0330 e. The van der Waals surface area contributed by atoms with Gasteiger partial charge in [0.1, 0.15) is 0 Å². The van der Waals surface area contributed by atoms with Crippen molar-refractivity contribution in [3.8, 4) is 0 Å². The molecule has 19 heavy (non-hydrogen) atoms. The Kier molecular flexibility index (Phi) is 5.84. The standard InChI is InChI=1S/C16H35N3/c1-14(2)8-11-15(3,12-17)19(6)13-16(18(4)5)9-7-10-16/h14H,7-13,17H2,1-6H3. The SMILES string of the molecule is CC(C)CCC(C)(CN)N(C)CC1(N(C)C)CCC1. The van der Waals surface area contributed by atoms with Gasteiger partial charge in [-0.05, 0) is 66.1 Å². The molecule has 1 fully saturated rings. The number of nitrogens with two attached hydrogens (primary N) is 1. The summed E-state index contributed by atoms with van der Waals surface area (Å²) < 4.78 is 0. The molecular formula is C16H35N3. The lowest BCUT2D eigenvalue weighted by molar-refractivity contribution is -0.00645. The zero-order chi connectivity index (χ0) is 14.7. The Labute approximate surface area is 120 Å². The molecule has 1 atom stereocenters. The van der Waals surface area contributed by atoms with Crippen LogP contribution in [-0.2, 0) is 0 Å². The van der Waals surface area contributed by atoms with E-state index in [0.29, 0.717) is 5.54 Å². The van der Waals surface area contributed by atoms with Gasteiger partial charge in [0.25, 0.3) is 0 Å². The van der Waals surface area contributed by atoms with E-state index in [-0.39, 0.29) is 5.54 Å². The van der Waals surface area contributed by atoms with E-state index in [1.54, 1.807) is 0 Å². The second kappa shape index (κ2) is 6.55. The fourth-order valence-electron chi connectivity index (χ4n) is 3.01.